The molecule has 0 amide bonds. The highest BCUT2D eigenvalue weighted by Gasteiger charge is 2.12. The summed E-state index contributed by atoms with van der Waals surface area (Å²) in [5.74, 6) is -4.43. The van der Waals surface area contributed by atoms with Crippen LogP contribution in [0.3, 0.4) is 0 Å². The van der Waals surface area contributed by atoms with E-state index >= 15 is 0 Å². The third kappa shape index (κ3) is 3.61. The van der Waals surface area contributed by atoms with Crippen molar-refractivity contribution in [2.24, 2.45) is 0 Å². The molecule has 5 heteroatoms. The van der Waals surface area contributed by atoms with Crippen molar-refractivity contribution in [1.29, 1.82) is 0 Å². The average molecular weight is 297 g/mol. The summed E-state index contributed by atoms with van der Waals surface area (Å²) in [7, 11) is 0. The van der Waals surface area contributed by atoms with Crippen LogP contribution in [0.2, 0.25) is 0 Å². The molecule has 2 rings (SSSR count). The molecule has 21 heavy (non-hydrogen) atoms. The van der Waals surface area contributed by atoms with E-state index in [0.717, 1.165) is 25.1 Å². The first-order valence-corrected chi connectivity index (χ1v) is 6.67. The maximum atomic E-state index is 13.7. The number of halogens is 4. The van der Waals surface area contributed by atoms with Gasteiger partial charge >= 0.3 is 0 Å². The number of hydrogen-bond acceptors (Lipinski definition) is 1. The molecule has 0 heterocycles. The Morgan fingerprint density at radius 2 is 1.52 bits per heavy atom. The smallest absolute Gasteiger partial charge is 0.194 e. The van der Waals surface area contributed by atoms with Gasteiger partial charge in [0, 0.05) is 12.1 Å². The fourth-order valence-corrected chi connectivity index (χ4v) is 2.01. The van der Waals surface area contributed by atoms with Crippen LogP contribution in [0.1, 0.15) is 18.9 Å². The number of rotatable bonds is 5. The number of nitrogens with one attached hydrogen (secondary N) is 1. The van der Waals surface area contributed by atoms with Crippen molar-refractivity contribution < 1.29 is 17.6 Å². The lowest BCUT2D eigenvalue weighted by molar-refractivity contribution is 0.447. The van der Waals surface area contributed by atoms with E-state index in [2.05, 4.69) is 5.32 Å². The van der Waals surface area contributed by atoms with Gasteiger partial charge in [-0.25, -0.2) is 17.6 Å². The summed E-state index contributed by atoms with van der Waals surface area (Å²) < 4.78 is 53.1. The van der Waals surface area contributed by atoms with E-state index in [4.69, 9.17) is 0 Å². The molecule has 0 aliphatic heterocycles. The molecular weight excluding hydrogens is 282 g/mol. The number of hydrogen-bond donors (Lipinski definition) is 1. The Hall–Kier alpha value is -1.88. The molecule has 0 radical (unpaired) electrons. The second-order valence-electron chi connectivity index (χ2n) is 4.74. The molecule has 1 nitrogen and oxygen atoms in total. The summed E-state index contributed by atoms with van der Waals surface area (Å²) in [5, 5.41) is 3.05. The third-order valence-corrected chi connectivity index (χ3v) is 3.11. The minimum Gasteiger partial charge on any atom is -0.313 e. The summed E-state index contributed by atoms with van der Waals surface area (Å²) in [4.78, 5) is 0. The highest BCUT2D eigenvalue weighted by atomic mass is 19.2. The van der Waals surface area contributed by atoms with Crippen molar-refractivity contribution in [2.75, 3.05) is 6.54 Å². The topological polar surface area (TPSA) is 12.0 Å². The van der Waals surface area contributed by atoms with Crippen LogP contribution in [0.5, 0.6) is 0 Å². The van der Waals surface area contributed by atoms with E-state index in [1.807, 2.05) is 6.92 Å². The Morgan fingerprint density at radius 3 is 2.14 bits per heavy atom. The normalized spacial score (nSPS) is 10.9. The summed E-state index contributed by atoms with van der Waals surface area (Å²) in [5.41, 5.74) is 0.997. The summed E-state index contributed by atoms with van der Waals surface area (Å²) in [6.45, 7) is 3.05. The molecule has 0 saturated carbocycles. The summed E-state index contributed by atoms with van der Waals surface area (Å²) in [6.07, 6.45) is 0.912. The molecule has 2 aromatic rings. The second-order valence-corrected chi connectivity index (χ2v) is 4.74. The van der Waals surface area contributed by atoms with Gasteiger partial charge in [-0.15, -0.1) is 0 Å². The zero-order valence-corrected chi connectivity index (χ0v) is 11.5. The Morgan fingerprint density at radius 1 is 0.857 bits per heavy atom. The lowest BCUT2D eigenvalue weighted by Gasteiger charge is -2.09. The molecule has 2 aromatic carbocycles. The van der Waals surface area contributed by atoms with Gasteiger partial charge in [-0.3, -0.25) is 0 Å². The maximum Gasteiger partial charge on any atom is 0.194 e. The van der Waals surface area contributed by atoms with E-state index < -0.39 is 23.3 Å². The van der Waals surface area contributed by atoms with Crippen LogP contribution in [-0.2, 0) is 6.54 Å². The van der Waals surface area contributed by atoms with Crippen LogP contribution in [0.25, 0.3) is 11.1 Å². The molecule has 0 spiro atoms. The first-order chi connectivity index (χ1) is 10.0. The monoisotopic (exact) mass is 297 g/mol. The minimum atomic E-state index is -1.51. The van der Waals surface area contributed by atoms with Gasteiger partial charge in [0.2, 0.25) is 0 Å². The van der Waals surface area contributed by atoms with Gasteiger partial charge < -0.3 is 5.32 Å². The van der Waals surface area contributed by atoms with Crippen molar-refractivity contribution >= 4 is 0 Å². The molecule has 0 fully saturated rings. The highest BCUT2D eigenvalue weighted by Crippen LogP contribution is 2.25. The van der Waals surface area contributed by atoms with Crippen molar-refractivity contribution in [2.45, 2.75) is 19.9 Å². The van der Waals surface area contributed by atoms with Crippen LogP contribution in [0.4, 0.5) is 17.6 Å². The maximum absolute atomic E-state index is 13.7. The quantitative estimate of drug-likeness (QED) is 0.490. The van der Waals surface area contributed by atoms with Gasteiger partial charge in [0.05, 0.1) is 0 Å². The van der Waals surface area contributed by atoms with Crippen molar-refractivity contribution in [3.63, 3.8) is 0 Å². The van der Waals surface area contributed by atoms with Crippen LogP contribution >= 0.6 is 0 Å². The third-order valence-electron chi connectivity index (χ3n) is 3.11. The van der Waals surface area contributed by atoms with Crippen molar-refractivity contribution in [3.8, 4) is 11.1 Å². The second kappa shape index (κ2) is 6.72. The van der Waals surface area contributed by atoms with E-state index in [-0.39, 0.29) is 5.56 Å². The van der Waals surface area contributed by atoms with Gasteiger partial charge in [-0.1, -0.05) is 13.0 Å². The molecular formula is C16H15F4N. The van der Waals surface area contributed by atoms with Crippen molar-refractivity contribution in [1.82, 2.24) is 5.32 Å². The Kier molecular flexibility index (Phi) is 4.96. The SMILES string of the molecule is CCCNCc1cc(-c2cc(F)c(F)c(F)c2)ccc1F. The van der Waals surface area contributed by atoms with Crippen LogP contribution in [0.15, 0.2) is 30.3 Å². The van der Waals surface area contributed by atoms with E-state index in [9.17, 15) is 17.6 Å². The molecule has 112 valence electrons. The zero-order valence-electron chi connectivity index (χ0n) is 11.5. The average Bonchev–Trinajstić information content (AvgIpc) is 2.46. The summed E-state index contributed by atoms with van der Waals surface area (Å²) >= 11 is 0. The van der Waals surface area contributed by atoms with Gasteiger partial charge in [0.15, 0.2) is 17.5 Å². The molecule has 0 aliphatic rings. The molecule has 0 unspecified atom stereocenters. The van der Waals surface area contributed by atoms with Gasteiger partial charge in [0.25, 0.3) is 0 Å². The van der Waals surface area contributed by atoms with Crippen molar-refractivity contribution in [3.05, 3.63) is 59.2 Å². The molecule has 0 bridgehead atoms. The summed E-state index contributed by atoms with van der Waals surface area (Å²) in [6, 6.07) is 5.94. The first-order valence-electron chi connectivity index (χ1n) is 6.67. The minimum absolute atomic E-state index is 0.170. The lowest BCUT2D eigenvalue weighted by atomic mass is 10.0. The Bertz CT molecular complexity index is 617. The Labute approximate surface area is 120 Å². The van der Waals surface area contributed by atoms with Gasteiger partial charge in [-0.05, 0) is 48.4 Å². The zero-order chi connectivity index (χ0) is 15.4. The standard InChI is InChI=1S/C16H15F4N/c1-2-5-21-9-12-6-10(3-4-13(12)17)11-7-14(18)16(20)15(19)8-11/h3-4,6-8,21H,2,5,9H2,1H3. The van der Waals surface area contributed by atoms with E-state index in [0.29, 0.717) is 17.7 Å². The molecule has 0 aromatic heterocycles. The van der Waals surface area contributed by atoms with E-state index in [1.54, 1.807) is 0 Å². The van der Waals surface area contributed by atoms with Crippen LogP contribution in [-0.4, -0.2) is 6.54 Å². The predicted molar refractivity (Wildman–Crippen MR) is 73.7 cm³/mol. The van der Waals surface area contributed by atoms with Crippen LogP contribution < -0.4 is 5.32 Å². The molecule has 0 aliphatic carbocycles. The fraction of sp³-hybridized carbons (Fsp3) is 0.250. The molecule has 0 atom stereocenters. The Balaban J connectivity index is 2.34. The highest BCUT2D eigenvalue weighted by molar-refractivity contribution is 5.64. The largest absolute Gasteiger partial charge is 0.313 e. The predicted octanol–water partition coefficient (Wildman–Crippen LogP) is 4.41. The van der Waals surface area contributed by atoms with E-state index in [1.165, 1.54) is 18.2 Å². The molecule has 0 saturated heterocycles. The first kappa shape index (κ1) is 15.5. The number of benzene rings is 2. The van der Waals surface area contributed by atoms with Gasteiger partial charge in [-0.2, -0.15) is 0 Å². The van der Waals surface area contributed by atoms with Crippen LogP contribution in [0, 0.1) is 23.3 Å². The lowest BCUT2D eigenvalue weighted by Crippen LogP contribution is -2.14. The van der Waals surface area contributed by atoms with Gasteiger partial charge in [0.1, 0.15) is 5.82 Å². The fourth-order valence-electron chi connectivity index (χ4n) is 2.01. The molecule has 1 N–H and O–H groups in total.